The Balaban J connectivity index is 2.15. The van der Waals surface area contributed by atoms with Gasteiger partial charge < -0.3 is 5.11 Å². The van der Waals surface area contributed by atoms with Crippen LogP contribution in [0.1, 0.15) is 16.1 Å². The zero-order valence-corrected chi connectivity index (χ0v) is 13.3. The lowest BCUT2D eigenvalue weighted by Crippen LogP contribution is -1.98. The van der Waals surface area contributed by atoms with E-state index >= 15 is 0 Å². The van der Waals surface area contributed by atoms with Crippen LogP contribution in [0.4, 0.5) is 0 Å². The van der Waals surface area contributed by atoms with Crippen molar-refractivity contribution < 1.29 is 9.90 Å². The lowest BCUT2D eigenvalue weighted by Gasteiger charge is -2.10. The van der Waals surface area contributed by atoms with Gasteiger partial charge in [0, 0.05) is 25.9 Å². The molecule has 3 rings (SSSR count). The molecule has 1 heterocycles. The summed E-state index contributed by atoms with van der Waals surface area (Å²) in [5.74, 6) is -0.934. The van der Waals surface area contributed by atoms with Crippen molar-refractivity contribution in [2.75, 3.05) is 0 Å². The van der Waals surface area contributed by atoms with Crippen molar-refractivity contribution in [1.29, 1.82) is 0 Å². The summed E-state index contributed by atoms with van der Waals surface area (Å²) in [5.41, 5.74) is 2.02. The molecular formula is C17H12ClNO2S. The summed E-state index contributed by atoms with van der Waals surface area (Å²) in [6.07, 6.45) is 0. The Hall–Kier alpha value is -2.04. The van der Waals surface area contributed by atoms with E-state index in [0.29, 0.717) is 9.92 Å². The highest BCUT2D eigenvalue weighted by molar-refractivity contribution is 7.99. The van der Waals surface area contributed by atoms with Crippen LogP contribution >= 0.6 is 23.4 Å². The summed E-state index contributed by atoms with van der Waals surface area (Å²) in [4.78, 5) is 17.5. The fourth-order valence-corrected chi connectivity index (χ4v) is 3.55. The summed E-state index contributed by atoms with van der Waals surface area (Å²) in [6, 6.07) is 14.4. The normalized spacial score (nSPS) is 10.8. The molecule has 0 aliphatic carbocycles. The van der Waals surface area contributed by atoms with Crippen LogP contribution in [0.3, 0.4) is 0 Å². The van der Waals surface area contributed by atoms with Gasteiger partial charge >= 0.3 is 5.97 Å². The summed E-state index contributed by atoms with van der Waals surface area (Å²) in [7, 11) is 0. The molecule has 0 unspecified atom stereocenters. The summed E-state index contributed by atoms with van der Waals surface area (Å²) >= 11 is 7.50. The number of benzene rings is 2. The number of halogens is 1. The predicted molar refractivity (Wildman–Crippen MR) is 89.0 cm³/mol. The maximum absolute atomic E-state index is 11.3. The second-order valence-corrected chi connectivity index (χ2v) is 6.35. The molecule has 0 radical (unpaired) electrons. The largest absolute Gasteiger partial charge is 0.478 e. The monoisotopic (exact) mass is 329 g/mol. The van der Waals surface area contributed by atoms with Crippen LogP contribution in [0.15, 0.2) is 58.3 Å². The van der Waals surface area contributed by atoms with Gasteiger partial charge in [-0.2, -0.15) is 0 Å². The van der Waals surface area contributed by atoms with Gasteiger partial charge in [0.1, 0.15) is 0 Å². The number of hydrogen-bond donors (Lipinski definition) is 1. The average molecular weight is 330 g/mol. The highest BCUT2D eigenvalue weighted by Gasteiger charge is 2.13. The molecule has 0 spiro atoms. The molecule has 2 aromatic carbocycles. The van der Waals surface area contributed by atoms with E-state index < -0.39 is 5.97 Å². The van der Waals surface area contributed by atoms with E-state index in [-0.39, 0.29) is 5.56 Å². The Morgan fingerprint density at radius 2 is 1.91 bits per heavy atom. The van der Waals surface area contributed by atoms with Crippen molar-refractivity contribution in [3.05, 3.63) is 64.8 Å². The molecule has 0 aliphatic rings. The number of fused-ring (bicyclic) bond motifs is 1. The molecule has 1 aromatic heterocycles. The second-order valence-electron chi connectivity index (χ2n) is 4.83. The zero-order chi connectivity index (χ0) is 15.7. The first-order valence-corrected chi connectivity index (χ1v) is 7.81. The molecule has 0 fully saturated rings. The molecule has 5 heteroatoms. The first-order valence-electron chi connectivity index (χ1n) is 6.61. The SMILES string of the molecule is Cc1cc(Sc2ccccc2C(=O)O)c2cc(Cl)ccc2n1. The van der Waals surface area contributed by atoms with Crippen molar-refractivity contribution in [1.82, 2.24) is 4.98 Å². The Morgan fingerprint density at radius 3 is 2.68 bits per heavy atom. The first kappa shape index (κ1) is 14.9. The molecule has 0 aliphatic heterocycles. The van der Waals surface area contributed by atoms with E-state index in [1.54, 1.807) is 24.3 Å². The van der Waals surface area contributed by atoms with E-state index in [1.165, 1.54) is 11.8 Å². The second kappa shape index (κ2) is 5.99. The Kier molecular flexibility index (Phi) is 4.05. The van der Waals surface area contributed by atoms with E-state index in [0.717, 1.165) is 21.5 Å². The number of aryl methyl sites for hydroxylation is 1. The van der Waals surface area contributed by atoms with Gasteiger partial charge in [0.15, 0.2) is 0 Å². The minimum atomic E-state index is -0.934. The molecule has 3 aromatic rings. The third-order valence-electron chi connectivity index (χ3n) is 3.20. The summed E-state index contributed by atoms with van der Waals surface area (Å²) < 4.78 is 0. The Morgan fingerprint density at radius 1 is 1.14 bits per heavy atom. The standard InChI is InChI=1S/C17H12ClNO2S/c1-10-8-16(13-9-11(18)6-7-14(13)19-10)22-15-5-3-2-4-12(15)17(20)21/h2-9H,1H3,(H,20,21). The predicted octanol–water partition coefficient (Wildman–Crippen LogP) is 5.05. The highest BCUT2D eigenvalue weighted by atomic mass is 35.5. The number of nitrogens with zero attached hydrogens (tertiary/aromatic N) is 1. The van der Waals surface area contributed by atoms with E-state index in [4.69, 9.17) is 11.6 Å². The number of hydrogen-bond acceptors (Lipinski definition) is 3. The van der Waals surface area contributed by atoms with Crippen LogP contribution in [0.5, 0.6) is 0 Å². The van der Waals surface area contributed by atoms with Crippen LogP contribution in [-0.4, -0.2) is 16.1 Å². The zero-order valence-electron chi connectivity index (χ0n) is 11.7. The van der Waals surface area contributed by atoms with Gasteiger partial charge in [0.2, 0.25) is 0 Å². The number of aromatic nitrogens is 1. The number of pyridine rings is 1. The van der Waals surface area contributed by atoms with E-state index in [1.807, 2.05) is 31.2 Å². The smallest absolute Gasteiger partial charge is 0.336 e. The maximum atomic E-state index is 11.3. The van der Waals surface area contributed by atoms with Gasteiger partial charge in [-0.3, -0.25) is 4.98 Å². The molecule has 22 heavy (non-hydrogen) atoms. The fraction of sp³-hybridized carbons (Fsp3) is 0.0588. The van der Waals surface area contributed by atoms with Crippen molar-refractivity contribution in [2.24, 2.45) is 0 Å². The highest BCUT2D eigenvalue weighted by Crippen LogP contribution is 2.36. The third kappa shape index (κ3) is 2.93. The quantitative estimate of drug-likeness (QED) is 0.730. The van der Waals surface area contributed by atoms with Crippen LogP contribution < -0.4 is 0 Å². The minimum absolute atomic E-state index is 0.289. The van der Waals surface area contributed by atoms with Crippen LogP contribution in [0.2, 0.25) is 5.02 Å². The van der Waals surface area contributed by atoms with Crippen molar-refractivity contribution in [3.63, 3.8) is 0 Å². The van der Waals surface area contributed by atoms with Crippen molar-refractivity contribution >= 4 is 40.2 Å². The van der Waals surface area contributed by atoms with Gasteiger partial charge in [-0.15, -0.1) is 0 Å². The van der Waals surface area contributed by atoms with Gasteiger partial charge in [-0.1, -0.05) is 35.5 Å². The third-order valence-corrected chi connectivity index (χ3v) is 4.57. The molecule has 110 valence electrons. The number of rotatable bonds is 3. The number of carboxylic acid groups (broad SMARTS) is 1. The first-order chi connectivity index (χ1) is 10.5. The number of carboxylic acids is 1. The van der Waals surface area contributed by atoms with E-state index in [2.05, 4.69) is 4.98 Å². The molecule has 0 bridgehead atoms. The van der Waals surface area contributed by atoms with Crippen molar-refractivity contribution in [3.8, 4) is 0 Å². The molecule has 0 saturated carbocycles. The molecular weight excluding hydrogens is 318 g/mol. The number of aromatic carboxylic acids is 1. The molecule has 1 N–H and O–H groups in total. The minimum Gasteiger partial charge on any atom is -0.478 e. The van der Waals surface area contributed by atoms with Gasteiger partial charge in [-0.05, 0) is 43.3 Å². The average Bonchev–Trinajstić information content (AvgIpc) is 2.48. The fourth-order valence-electron chi connectivity index (χ4n) is 2.23. The summed E-state index contributed by atoms with van der Waals surface area (Å²) in [6.45, 7) is 1.92. The lowest BCUT2D eigenvalue weighted by molar-refractivity contribution is 0.0693. The van der Waals surface area contributed by atoms with Gasteiger partial charge in [0.25, 0.3) is 0 Å². The number of carbonyl (C=O) groups is 1. The van der Waals surface area contributed by atoms with E-state index in [9.17, 15) is 9.90 Å². The Labute approximate surface area is 137 Å². The molecule has 0 atom stereocenters. The molecule has 0 saturated heterocycles. The topological polar surface area (TPSA) is 50.2 Å². The van der Waals surface area contributed by atoms with Crippen LogP contribution in [0.25, 0.3) is 10.9 Å². The van der Waals surface area contributed by atoms with Crippen LogP contribution in [0, 0.1) is 6.92 Å². The van der Waals surface area contributed by atoms with Gasteiger partial charge in [-0.25, -0.2) is 4.79 Å². The lowest BCUT2D eigenvalue weighted by atomic mass is 10.2. The maximum Gasteiger partial charge on any atom is 0.336 e. The summed E-state index contributed by atoms with van der Waals surface area (Å²) in [5, 5.41) is 10.9. The van der Waals surface area contributed by atoms with Crippen molar-refractivity contribution in [2.45, 2.75) is 16.7 Å². The Bertz CT molecular complexity index is 880. The molecule has 0 amide bonds. The van der Waals surface area contributed by atoms with Crippen LogP contribution in [-0.2, 0) is 0 Å². The molecule has 3 nitrogen and oxygen atoms in total. The van der Waals surface area contributed by atoms with Gasteiger partial charge in [0.05, 0.1) is 11.1 Å².